The van der Waals surface area contributed by atoms with Gasteiger partial charge in [-0.1, -0.05) is 81.4 Å². The van der Waals surface area contributed by atoms with Crippen LogP contribution in [0.1, 0.15) is 33.6 Å². The van der Waals surface area contributed by atoms with Gasteiger partial charge in [0.2, 0.25) is 0 Å². The molecule has 0 amide bonds. The van der Waals surface area contributed by atoms with Gasteiger partial charge in [-0.2, -0.15) is 0 Å². The number of rotatable bonds is 5. The van der Waals surface area contributed by atoms with Crippen LogP contribution in [0, 0.1) is 0 Å². The molecule has 4 heteroatoms. The SMILES string of the molecule is CC(C)(C)[Si](OC[C@H]1OCCCC1=O)(c1ccccc1)c1ccccc1. The lowest BCUT2D eigenvalue weighted by molar-refractivity contribution is -0.137. The molecule has 0 unspecified atom stereocenters. The summed E-state index contributed by atoms with van der Waals surface area (Å²) < 4.78 is 12.5. The zero-order valence-electron chi connectivity index (χ0n) is 15.9. The van der Waals surface area contributed by atoms with E-state index in [1.54, 1.807) is 0 Å². The molecule has 26 heavy (non-hydrogen) atoms. The van der Waals surface area contributed by atoms with Crippen molar-refractivity contribution in [2.45, 2.75) is 44.8 Å². The molecule has 138 valence electrons. The van der Waals surface area contributed by atoms with Crippen LogP contribution in [0.3, 0.4) is 0 Å². The summed E-state index contributed by atoms with van der Waals surface area (Å²) in [6.07, 6.45) is 0.967. The fourth-order valence-electron chi connectivity index (χ4n) is 3.83. The third kappa shape index (κ3) is 3.68. The van der Waals surface area contributed by atoms with Crippen molar-refractivity contribution in [2.24, 2.45) is 0 Å². The minimum atomic E-state index is -2.60. The third-order valence-corrected chi connectivity index (χ3v) is 10.1. The van der Waals surface area contributed by atoms with Crippen LogP contribution in [-0.4, -0.2) is 33.4 Å². The Labute approximate surface area is 157 Å². The average molecular weight is 369 g/mol. The Bertz CT molecular complexity index is 683. The maximum atomic E-state index is 12.2. The van der Waals surface area contributed by atoms with Gasteiger partial charge in [-0.05, 0) is 21.8 Å². The molecule has 1 fully saturated rings. The highest BCUT2D eigenvalue weighted by Gasteiger charge is 2.50. The summed E-state index contributed by atoms with van der Waals surface area (Å²) in [6, 6.07) is 21.0. The Morgan fingerprint density at radius 3 is 2.00 bits per heavy atom. The lowest BCUT2D eigenvalue weighted by Crippen LogP contribution is -2.67. The molecule has 0 bridgehead atoms. The first kappa shape index (κ1) is 19.0. The molecule has 1 atom stereocenters. The maximum Gasteiger partial charge on any atom is 0.261 e. The normalized spacial score (nSPS) is 18.7. The van der Waals surface area contributed by atoms with Gasteiger partial charge in [0.05, 0.1) is 6.61 Å². The number of benzene rings is 2. The molecule has 1 aliphatic rings. The summed E-state index contributed by atoms with van der Waals surface area (Å²) in [6.45, 7) is 7.68. The van der Waals surface area contributed by atoms with Gasteiger partial charge < -0.3 is 9.16 Å². The van der Waals surface area contributed by atoms with Crippen molar-refractivity contribution in [1.29, 1.82) is 0 Å². The Morgan fingerprint density at radius 1 is 1.00 bits per heavy atom. The van der Waals surface area contributed by atoms with Crippen molar-refractivity contribution >= 4 is 24.5 Å². The quantitative estimate of drug-likeness (QED) is 0.760. The number of ether oxygens (including phenoxy) is 1. The Hall–Kier alpha value is -1.75. The van der Waals surface area contributed by atoms with Crippen molar-refractivity contribution < 1.29 is 14.0 Å². The van der Waals surface area contributed by atoms with Gasteiger partial charge in [0.1, 0.15) is 6.10 Å². The molecule has 1 saturated heterocycles. The molecule has 1 heterocycles. The van der Waals surface area contributed by atoms with Gasteiger partial charge in [-0.3, -0.25) is 4.79 Å². The number of carbonyl (C=O) groups excluding carboxylic acids is 1. The molecule has 1 aliphatic heterocycles. The monoisotopic (exact) mass is 368 g/mol. The summed E-state index contributed by atoms with van der Waals surface area (Å²) in [5, 5.41) is 2.36. The van der Waals surface area contributed by atoms with E-state index in [4.69, 9.17) is 9.16 Å². The van der Waals surface area contributed by atoms with E-state index < -0.39 is 14.4 Å². The van der Waals surface area contributed by atoms with Crippen LogP contribution in [-0.2, 0) is 14.0 Å². The van der Waals surface area contributed by atoms with Crippen LogP contribution in [0.25, 0.3) is 0 Å². The second kappa shape index (κ2) is 7.87. The Kier molecular flexibility index (Phi) is 5.75. The van der Waals surface area contributed by atoms with Crippen LogP contribution in [0.5, 0.6) is 0 Å². The van der Waals surface area contributed by atoms with E-state index in [0.717, 1.165) is 6.42 Å². The number of hydrogen-bond acceptors (Lipinski definition) is 3. The fourth-order valence-corrected chi connectivity index (χ4v) is 8.39. The Morgan fingerprint density at radius 2 is 1.54 bits per heavy atom. The van der Waals surface area contributed by atoms with Crippen molar-refractivity contribution in [1.82, 2.24) is 0 Å². The molecule has 0 aliphatic carbocycles. The zero-order valence-corrected chi connectivity index (χ0v) is 16.9. The second-order valence-corrected chi connectivity index (χ2v) is 12.2. The molecular weight excluding hydrogens is 340 g/mol. The number of ketones is 1. The first-order valence-corrected chi connectivity index (χ1v) is 11.3. The van der Waals surface area contributed by atoms with Crippen molar-refractivity contribution in [3.05, 3.63) is 60.7 Å². The highest BCUT2D eigenvalue weighted by Crippen LogP contribution is 2.37. The number of carbonyl (C=O) groups is 1. The third-order valence-electron chi connectivity index (χ3n) is 5.11. The van der Waals surface area contributed by atoms with E-state index in [0.29, 0.717) is 19.6 Å². The minimum absolute atomic E-state index is 0.0899. The van der Waals surface area contributed by atoms with E-state index in [1.165, 1.54) is 10.4 Å². The minimum Gasteiger partial charge on any atom is -0.404 e. The molecule has 0 N–H and O–H groups in total. The molecule has 0 radical (unpaired) electrons. The van der Waals surface area contributed by atoms with Crippen LogP contribution in [0.15, 0.2) is 60.7 Å². The molecule has 3 nitrogen and oxygen atoms in total. The van der Waals surface area contributed by atoms with Crippen molar-refractivity contribution in [2.75, 3.05) is 13.2 Å². The first-order chi connectivity index (χ1) is 12.4. The summed E-state index contributed by atoms with van der Waals surface area (Å²) in [7, 11) is -2.60. The topological polar surface area (TPSA) is 35.5 Å². The first-order valence-electron chi connectivity index (χ1n) is 9.34. The van der Waals surface area contributed by atoms with Gasteiger partial charge in [-0.25, -0.2) is 0 Å². The van der Waals surface area contributed by atoms with Crippen molar-refractivity contribution in [3.63, 3.8) is 0 Å². The maximum absolute atomic E-state index is 12.2. The highest BCUT2D eigenvalue weighted by atomic mass is 28.4. The predicted octanol–water partition coefficient (Wildman–Crippen LogP) is 3.31. The van der Waals surface area contributed by atoms with Gasteiger partial charge in [-0.15, -0.1) is 0 Å². The smallest absolute Gasteiger partial charge is 0.261 e. The summed E-state index contributed by atoms with van der Waals surface area (Å²) in [5.74, 6) is 0.161. The van der Waals surface area contributed by atoms with E-state index >= 15 is 0 Å². The molecule has 0 aromatic heterocycles. The Balaban J connectivity index is 2.04. The zero-order chi connectivity index (χ0) is 18.6. The summed E-state index contributed by atoms with van der Waals surface area (Å²) >= 11 is 0. The molecular formula is C22H28O3Si. The molecule has 0 spiro atoms. The van der Waals surface area contributed by atoms with E-state index in [2.05, 4.69) is 69.3 Å². The predicted molar refractivity (Wildman–Crippen MR) is 108 cm³/mol. The van der Waals surface area contributed by atoms with E-state index in [-0.39, 0.29) is 10.8 Å². The van der Waals surface area contributed by atoms with Gasteiger partial charge in [0, 0.05) is 13.0 Å². The molecule has 3 rings (SSSR count). The number of hydrogen-bond donors (Lipinski definition) is 0. The summed E-state index contributed by atoms with van der Waals surface area (Å²) in [4.78, 5) is 12.2. The number of Topliss-reactive ketones (excluding diaryl/α,β-unsaturated/α-hetero) is 1. The van der Waals surface area contributed by atoms with Crippen LogP contribution < -0.4 is 10.4 Å². The second-order valence-electron chi connectivity index (χ2n) is 7.90. The highest BCUT2D eigenvalue weighted by molar-refractivity contribution is 6.99. The largest absolute Gasteiger partial charge is 0.404 e. The lowest BCUT2D eigenvalue weighted by Gasteiger charge is -2.43. The van der Waals surface area contributed by atoms with Crippen LogP contribution >= 0.6 is 0 Å². The van der Waals surface area contributed by atoms with Crippen molar-refractivity contribution in [3.8, 4) is 0 Å². The lowest BCUT2D eigenvalue weighted by atomic mass is 10.1. The average Bonchev–Trinajstić information content (AvgIpc) is 2.64. The summed E-state index contributed by atoms with van der Waals surface area (Å²) in [5.41, 5.74) is 0. The molecule has 0 saturated carbocycles. The van der Waals surface area contributed by atoms with Crippen LogP contribution in [0.4, 0.5) is 0 Å². The fraction of sp³-hybridized carbons (Fsp3) is 0.409. The van der Waals surface area contributed by atoms with E-state index in [9.17, 15) is 4.79 Å². The van der Waals surface area contributed by atoms with Gasteiger partial charge in [0.15, 0.2) is 5.78 Å². The van der Waals surface area contributed by atoms with Gasteiger partial charge in [0.25, 0.3) is 8.32 Å². The van der Waals surface area contributed by atoms with E-state index in [1.807, 2.05) is 12.1 Å². The van der Waals surface area contributed by atoms with Gasteiger partial charge >= 0.3 is 0 Å². The standard InChI is InChI=1S/C22H28O3Si/c1-22(2,3)26(18-11-6-4-7-12-18,19-13-8-5-9-14-19)25-17-21-20(23)15-10-16-24-21/h4-9,11-14,21H,10,15-17H2,1-3H3/t21-/m1/s1. The molecule has 2 aromatic rings. The van der Waals surface area contributed by atoms with Crippen LogP contribution in [0.2, 0.25) is 5.04 Å². The molecule has 2 aromatic carbocycles.